The van der Waals surface area contributed by atoms with Gasteiger partial charge in [-0.15, -0.1) is 0 Å². The van der Waals surface area contributed by atoms with Crippen molar-refractivity contribution in [2.45, 2.75) is 20.0 Å². The molecule has 0 aliphatic carbocycles. The number of ether oxygens (including phenoxy) is 1. The zero-order valence-electron chi connectivity index (χ0n) is 17.1. The average Bonchev–Trinajstić information content (AvgIpc) is 2.73. The van der Waals surface area contributed by atoms with Crippen LogP contribution in [0.15, 0.2) is 42.5 Å². The molecule has 0 unspecified atom stereocenters. The quantitative estimate of drug-likeness (QED) is 0.760. The molecule has 1 N–H and O–H groups in total. The molecule has 0 saturated carbocycles. The Kier molecular flexibility index (Phi) is 6.87. The Balaban J connectivity index is 1.59. The van der Waals surface area contributed by atoms with Crippen LogP contribution in [0.2, 0.25) is 0 Å². The lowest BCUT2D eigenvalue weighted by atomic mass is 10.1. The zero-order valence-corrected chi connectivity index (χ0v) is 17.1. The minimum Gasteiger partial charge on any atom is -0.483 e. The lowest BCUT2D eigenvalue weighted by Crippen LogP contribution is -2.46. The van der Waals surface area contributed by atoms with Gasteiger partial charge in [-0.25, -0.2) is 0 Å². The standard InChI is InChI=1S/C22H26F3N3O2/c1-3-27-10-12-28(13-11-27)17-8-9-19(16(2)14-17)26-21(29)15-30-20-7-5-4-6-18(20)22(23,24)25/h4-9,14H,3,10-13,15H2,1-2H3,(H,26,29). The van der Waals surface area contributed by atoms with Gasteiger partial charge in [0.15, 0.2) is 6.61 Å². The van der Waals surface area contributed by atoms with E-state index in [9.17, 15) is 18.0 Å². The van der Waals surface area contributed by atoms with Crippen molar-refractivity contribution in [2.24, 2.45) is 0 Å². The molecule has 0 bridgehead atoms. The number of hydrogen-bond acceptors (Lipinski definition) is 4. The summed E-state index contributed by atoms with van der Waals surface area (Å²) in [4.78, 5) is 16.9. The summed E-state index contributed by atoms with van der Waals surface area (Å²) in [6, 6.07) is 10.6. The number of anilines is 2. The molecule has 0 spiro atoms. The van der Waals surface area contributed by atoms with E-state index in [4.69, 9.17) is 4.74 Å². The number of aryl methyl sites for hydroxylation is 1. The fourth-order valence-electron chi connectivity index (χ4n) is 3.46. The fraction of sp³-hybridized carbons (Fsp3) is 0.409. The van der Waals surface area contributed by atoms with E-state index in [1.54, 1.807) is 0 Å². The SMILES string of the molecule is CCN1CCN(c2ccc(NC(=O)COc3ccccc3C(F)(F)F)c(C)c2)CC1. The number of alkyl halides is 3. The number of likely N-dealkylation sites (N-methyl/N-ethyl adjacent to an activating group) is 1. The van der Waals surface area contributed by atoms with Crippen molar-refractivity contribution in [3.05, 3.63) is 53.6 Å². The largest absolute Gasteiger partial charge is 0.483 e. The van der Waals surface area contributed by atoms with Crippen molar-refractivity contribution in [1.82, 2.24) is 4.90 Å². The Morgan fingerprint density at radius 3 is 2.43 bits per heavy atom. The molecule has 30 heavy (non-hydrogen) atoms. The van der Waals surface area contributed by atoms with Gasteiger partial charge in [0.2, 0.25) is 0 Å². The molecule has 1 aliphatic rings. The first-order valence-corrected chi connectivity index (χ1v) is 9.94. The van der Waals surface area contributed by atoms with Gasteiger partial charge in [0.1, 0.15) is 5.75 Å². The third-order valence-corrected chi connectivity index (χ3v) is 5.22. The van der Waals surface area contributed by atoms with Gasteiger partial charge in [-0.05, 0) is 49.4 Å². The van der Waals surface area contributed by atoms with Crippen LogP contribution in [0.1, 0.15) is 18.1 Å². The van der Waals surface area contributed by atoms with Gasteiger partial charge in [-0.3, -0.25) is 4.79 Å². The van der Waals surface area contributed by atoms with Crippen LogP contribution in [-0.4, -0.2) is 50.1 Å². The van der Waals surface area contributed by atoms with E-state index >= 15 is 0 Å². The number of para-hydroxylation sites is 1. The van der Waals surface area contributed by atoms with Crippen LogP contribution < -0.4 is 15.0 Å². The van der Waals surface area contributed by atoms with Crippen LogP contribution in [0, 0.1) is 6.92 Å². The van der Waals surface area contributed by atoms with Gasteiger partial charge in [0.25, 0.3) is 5.91 Å². The smallest absolute Gasteiger partial charge is 0.419 e. The molecule has 1 saturated heterocycles. The van der Waals surface area contributed by atoms with Gasteiger partial charge >= 0.3 is 6.18 Å². The zero-order chi connectivity index (χ0) is 21.7. The summed E-state index contributed by atoms with van der Waals surface area (Å²) in [6.07, 6.45) is -4.54. The number of nitrogens with one attached hydrogen (secondary N) is 1. The molecule has 1 amide bonds. The topological polar surface area (TPSA) is 44.8 Å². The van der Waals surface area contributed by atoms with Crippen LogP contribution in [0.4, 0.5) is 24.5 Å². The van der Waals surface area contributed by atoms with Crippen molar-refractivity contribution < 1.29 is 22.7 Å². The molecule has 3 rings (SSSR count). The predicted octanol–water partition coefficient (Wildman–Crippen LogP) is 4.17. The van der Waals surface area contributed by atoms with Crippen molar-refractivity contribution in [1.29, 1.82) is 0 Å². The minimum atomic E-state index is -4.54. The Hall–Kier alpha value is -2.74. The second-order valence-corrected chi connectivity index (χ2v) is 7.25. The molecule has 2 aromatic carbocycles. The highest BCUT2D eigenvalue weighted by Crippen LogP contribution is 2.35. The first-order chi connectivity index (χ1) is 14.3. The maximum absolute atomic E-state index is 13.0. The summed E-state index contributed by atoms with van der Waals surface area (Å²) < 4.78 is 44.2. The summed E-state index contributed by atoms with van der Waals surface area (Å²) in [5.74, 6) is -0.877. The molecule has 0 aromatic heterocycles. The molecule has 1 aliphatic heterocycles. The number of nitrogens with zero attached hydrogens (tertiary/aromatic N) is 2. The molecule has 5 nitrogen and oxygen atoms in total. The van der Waals surface area contributed by atoms with E-state index in [2.05, 4.69) is 22.0 Å². The Bertz CT molecular complexity index is 878. The highest BCUT2D eigenvalue weighted by molar-refractivity contribution is 5.92. The van der Waals surface area contributed by atoms with Crippen molar-refractivity contribution in [3.8, 4) is 5.75 Å². The highest BCUT2D eigenvalue weighted by atomic mass is 19.4. The first kappa shape index (κ1) is 22.0. The molecular weight excluding hydrogens is 395 g/mol. The third kappa shape index (κ3) is 5.44. The number of benzene rings is 2. The van der Waals surface area contributed by atoms with E-state index in [1.165, 1.54) is 18.2 Å². The second-order valence-electron chi connectivity index (χ2n) is 7.25. The van der Waals surface area contributed by atoms with E-state index in [0.29, 0.717) is 5.69 Å². The van der Waals surface area contributed by atoms with Crippen molar-refractivity contribution in [3.63, 3.8) is 0 Å². The molecule has 8 heteroatoms. The van der Waals surface area contributed by atoms with Gasteiger partial charge in [-0.1, -0.05) is 19.1 Å². The summed E-state index contributed by atoms with van der Waals surface area (Å²) in [5, 5.41) is 2.71. The second kappa shape index (κ2) is 9.38. The molecule has 162 valence electrons. The van der Waals surface area contributed by atoms with Crippen molar-refractivity contribution >= 4 is 17.3 Å². The number of hydrogen-bond donors (Lipinski definition) is 1. The number of halogens is 3. The van der Waals surface area contributed by atoms with Crippen LogP contribution in [0.5, 0.6) is 5.75 Å². The Morgan fingerprint density at radius 2 is 1.80 bits per heavy atom. The summed E-state index contributed by atoms with van der Waals surface area (Å²) in [6.45, 7) is 8.52. The summed E-state index contributed by atoms with van der Waals surface area (Å²) in [7, 11) is 0. The average molecular weight is 421 g/mol. The lowest BCUT2D eigenvalue weighted by Gasteiger charge is -2.35. The first-order valence-electron chi connectivity index (χ1n) is 9.94. The molecule has 1 fully saturated rings. The van der Waals surface area contributed by atoms with Crippen LogP contribution in [0.25, 0.3) is 0 Å². The fourth-order valence-corrected chi connectivity index (χ4v) is 3.46. The van der Waals surface area contributed by atoms with Gasteiger partial charge in [0, 0.05) is 37.6 Å². The lowest BCUT2D eigenvalue weighted by molar-refractivity contribution is -0.139. The minimum absolute atomic E-state index is 0.363. The Morgan fingerprint density at radius 1 is 1.10 bits per heavy atom. The number of carbonyl (C=O) groups is 1. The summed E-state index contributed by atoms with van der Waals surface area (Å²) >= 11 is 0. The van der Waals surface area contributed by atoms with Crippen molar-refractivity contribution in [2.75, 3.05) is 49.5 Å². The maximum Gasteiger partial charge on any atom is 0.419 e. The third-order valence-electron chi connectivity index (χ3n) is 5.22. The van der Waals surface area contributed by atoms with E-state index < -0.39 is 24.3 Å². The maximum atomic E-state index is 13.0. The molecular formula is C22H26F3N3O2. The van der Waals surface area contributed by atoms with Gasteiger partial charge < -0.3 is 19.9 Å². The van der Waals surface area contributed by atoms with Crippen LogP contribution >= 0.6 is 0 Å². The molecule has 2 aromatic rings. The number of piperazine rings is 1. The van der Waals surface area contributed by atoms with Crippen LogP contribution in [0.3, 0.4) is 0 Å². The highest BCUT2D eigenvalue weighted by Gasteiger charge is 2.34. The molecule has 1 heterocycles. The number of amides is 1. The Labute approximate surface area is 174 Å². The normalized spacial score (nSPS) is 15.2. The van der Waals surface area contributed by atoms with Crippen LogP contribution in [-0.2, 0) is 11.0 Å². The van der Waals surface area contributed by atoms with E-state index in [-0.39, 0.29) is 5.75 Å². The van der Waals surface area contributed by atoms with Gasteiger partial charge in [-0.2, -0.15) is 13.2 Å². The predicted molar refractivity (Wildman–Crippen MR) is 111 cm³/mol. The van der Waals surface area contributed by atoms with E-state index in [1.807, 2.05) is 25.1 Å². The summed E-state index contributed by atoms with van der Waals surface area (Å²) in [5.41, 5.74) is 1.69. The van der Waals surface area contributed by atoms with E-state index in [0.717, 1.165) is 50.0 Å². The van der Waals surface area contributed by atoms with Gasteiger partial charge in [0.05, 0.1) is 5.56 Å². The molecule has 0 atom stereocenters. The number of carbonyl (C=O) groups excluding carboxylic acids is 1. The monoisotopic (exact) mass is 421 g/mol. The number of rotatable bonds is 6. The molecule has 0 radical (unpaired) electrons.